The summed E-state index contributed by atoms with van der Waals surface area (Å²) in [6.45, 7) is 0. The summed E-state index contributed by atoms with van der Waals surface area (Å²) in [5.74, 6) is 0.602. The van der Waals surface area contributed by atoms with Gasteiger partial charge in [-0.05, 0) is 36.4 Å². The maximum atomic E-state index is 13.1. The van der Waals surface area contributed by atoms with E-state index in [4.69, 9.17) is 4.42 Å². The van der Waals surface area contributed by atoms with E-state index in [2.05, 4.69) is 26.1 Å². The summed E-state index contributed by atoms with van der Waals surface area (Å²) in [5, 5.41) is 10.7. The second-order valence-corrected chi connectivity index (χ2v) is 8.27. The normalized spacial score (nSPS) is 11.3. The molecule has 0 saturated carbocycles. The van der Waals surface area contributed by atoms with Gasteiger partial charge in [0.05, 0.1) is 16.8 Å². The van der Waals surface area contributed by atoms with Gasteiger partial charge in [0.25, 0.3) is 5.22 Å². The Kier molecular flexibility index (Phi) is 4.69. The number of thioether (sulfide) groups is 1. The molecule has 5 aromatic rings. The molecule has 0 aliphatic heterocycles. The first-order chi connectivity index (χ1) is 14.2. The molecule has 0 aliphatic carbocycles. The highest BCUT2D eigenvalue weighted by Crippen LogP contribution is 2.30. The molecule has 0 bridgehead atoms. The van der Waals surface area contributed by atoms with E-state index in [0.717, 1.165) is 31.8 Å². The van der Waals surface area contributed by atoms with Crippen LogP contribution in [-0.4, -0.2) is 26.4 Å². The number of rotatable bonds is 4. The SMILES string of the molecule is O=C(CSc1nnc(-c2ccc(Br)cc2)o1)n1c2ccccc2c2ccccc21. The summed E-state index contributed by atoms with van der Waals surface area (Å²) in [6.07, 6.45) is 0. The second-order valence-electron chi connectivity index (χ2n) is 6.43. The van der Waals surface area contributed by atoms with E-state index in [1.165, 1.54) is 11.8 Å². The van der Waals surface area contributed by atoms with Crippen LogP contribution in [0.2, 0.25) is 0 Å². The number of hydrogen-bond acceptors (Lipinski definition) is 5. The van der Waals surface area contributed by atoms with Gasteiger partial charge in [-0.3, -0.25) is 9.36 Å². The maximum Gasteiger partial charge on any atom is 0.277 e. The Hall–Kier alpha value is -2.90. The van der Waals surface area contributed by atoms with Crippen molar-refractivity contribution in [3.63, 3.8) is 0 Å². The number of halogens is 1. The van der Waals surface area contributed by atoms with Crippen LogP contribution < -0.4 is 0 Å². The average molecular weight is 464 g/mol. The van der Waals surface area contributed by atoms with Crippen molar-refractivity contribution in [3.05, 3.63) is 77.3 Å². The molecule has 3 aromatic carbocycles. The topological polar surface area (TPSA) is 60.9 Å². The standard InChI is InChI=1S/C22H14BrN3O2S/c23-15-11-9-14(10-12-15)21-24-25-22(28-21)29-13-20(27)26-18-7-3-1-5-16(18)17-6-2-4-8-19(17)26/h1-12H,13H2. The van der Waals surface area contributed by atoms with E-state index in [9.17, 15) is 4.79 Å². The molecule has 0 radical (unpaired) electrons. The Morgan fingerprint density at radius 3 is 2.17 bits per heavy atom. The zero-order valence-corrected chi connectivity index (χ0v) is 17.5. The Bertz CT molecular complexity index is 1290. The van der Waals surface area contributed by atoms with Crippen LogP contribution in [0.15, 0.2) is 86.9 Å². The van der Waals surface area contributed by atoms with Crippen LogP contribution >= 0.6 is 27.7 Å². The van der Waals surface area contributed by atoms with Crippen molar-refractivity contribution in [3.8, 4) is 11.5 Å². The highest BCUT2D eigenvalue weighted by Gasteiger charge is 2.17. The van der Waals surface area contributed by atoms with E-state index in [1.54, 1.807) is 4.57 Å². The van der Waals surface area contributed by atoms with Crippen LogP contribution in [0, 0.1) is 0 Å². The summed E-state index contributed by atoms with van der Waals surface area (Å²) < 4.78 is 8.46. The van der Waals surface area contributed by atoms with Crippen molar-refractivity contribution in [2.45, 2.75) is 5.22 Å². The number of nitrogens with zero attached hydrogens (tertiary/aromatic N) is 3. The Morgan fingerprint density at radius 1 is 0.897 bits per heavy atom. The number of aromatic nitrogens is 3. The molecule has 0 N–H and O–H groups in total. The van der Waals surface area contributed by atoms with E-state index in [0.29, 0.717) is 11.1 Å². The monoisotopic (exact) mass is 463 g/mol. The Balaban J connectivity index is 1.41. The van der Waals surface area contributed by atoms with E-state index < -0.39 is 0 Å². The summed E-state index contributed by atoms with van der Waals surface area (Å²) in [6, 6.07) is 23.5. The minimum atomic E-state index is -0.0317. The van der Waals surface area contributed by atoms with Crippen molar-refractivity contribution in [1.82, 2.24) is 14.8 Å². The molecular weight excluding hydrogens is 450 g/mol. The molecule has 0 unspecified atom stereocenters. The van der Waals surface area contributed by atoms with Gasteiger partial charge in [0.15, 0.2) is 0 Å². The molecule has 29 heavy (non-hydrogen) atoms. The molecule has 0 spiro atoms. The van der Waals surface area contributed by atoms with Crippen LogP contribution in [0.25, 0.3) is 33.3 Å². The first-order valence-corrected chi connectivity index (χ1v) is 10.7. The van der Waals surface area contributed by atoms with Gasteiger partial charge in [-0.1, -0.05) is 64.1 Å². The molecule has 5 rings (SSSR count). The second kappa shape index (κ2) is 7.50. The summed E-state index contributed by atoms with van der Waals surface area (Å²) in [4.78, 5) is 13.1. The van der Waals surface area contributed by atoms with Crippen LogP contribution in [0.3, 0.4) is 0 Å². The zero-order valence-electron chi connectivity index (χ0n) is 15.1. The van der Waals surface area contributed by atoms with E-state index >= 15 is 0 Å². The van der Waals surface area contributed by atoms with Gasteiger partial charge >= 0.3 is 0 Å². The minimum absolute atomic E-state index is 0.0317. The van der Waals surface area contributed by atoms with Gasteiger partial charge in [-0.15, -0.1) is 10.2 Å². The predicted molar refractivity (Wildman–Crippen MR) is 118 cm³/mol. The molecule has 2 aromatic heterocycles. The zero-order chi connectivity index (χ0) is 19.8. The third kappa shape index (κ3) is 3.36. The fourth-order valence-corrected chi connectivity index (χ4v) is 4.23. The third-order valence-electron chi connectivity index (χ3n) is 4.65. The van der Waals surface area contributed by atoms with Crippen molar-refractivity contribution in [2.75, 3.05) is 5.75 Å². The fourth-order valence-electron chi connectivity index (χ4n) is 3.36. The number of benzene rings is 3. The lowest BCUT2D eigenvalue weighted by atomic mass is 10.2. The molecule has 0 amide bonds. The van der Waals surface area contributed by atoms with Crippen LogP contribution in [0.1, 0.15) is 4.79 Å². The maximum absolute atomic E-state index is 13.1. The van der Waals surface area contributed by atoms with E-state index in [1.807, 2.05) is 72.8 Å². The van der Waals surface area contributed by atoms with Gasteiger partial charge in [0.1, 0.15) is 0 Å². The van der Waals surface area contributed by atoms with Crippen LogP contribution in [0.5, 0.6) is 0 Å². The summed E-state index contributed by atoms with van der Waals surface area (Å²) in [7, 11) is 0. The molecule has 5 nitrogen and oxygen atoms in total. The van der Waals surface area contributed by atoms with E-state index in [-0.39, 0.29) is 11.7 Å². The predicted octanol–water partition coefficient (Wildman–Crippen LogP) is 6.04. The largest absolute Gasteiger partial charge is 0.411 e. The van der Waals surface area contributed by atoms with Gasteiger partial charge in [0, 0.05) is 20.8 Å². The van der Waals surface area contributed by atoms with Crippen molar-refractivity contribution < 1.29 is 9.21 Å². The fraction of sp³-hybridized carbons (Fsp3) is 0.0455. The van der Waals surface area contributed by atoms with Gasteiger partial charge < -0.3 is 4.42 Å². The first kappa shape index (κ1) is 18.1. The van der Waals surface area contributed by atoms with Crippen molar-refractivity contribution in [1.29, 1.82) is 0 Å². The Morgan fingerprint density at radius 2 is 1.52 bits per heavy atom. The van der Waals surface area contributed by atoms with Crippen LogP contribution in [0.4, 0.5) is 0 Å². The van der Waals surface area contributed by atoms with Crippen LogP contribution in [-0.2, 0) is 0 Å². The molecule has 7 heteroatoms. The molecular formula is C22H14BrN3O2S. The quantitative estimate of drug-likeness (QED) is 0.304. The number of carbonyl (C=O) groups excluding carboxylic acids is 1. The lowest BCUT2D eigenvalue weighted by molar-refractivity contribution is 0.0951. The third-order valence-corrected chi connectivity index (χ3v) is 5.98. The van der Waals surface area contributed by atoms with Gasteiger partial charge in [-0.2, -0.15) is 0 Å². The summed E-state index contributed by atoms with van der Waals surface area (Å²) in [5.41, 5.74) is 2.64. The average Bonchev–Trinajstić information content (AvgIpc) is 3.35. The Labute approximate surface area is 178 Å². The number of hydrogen-bond donors (Lipinski definition) is 0. The number of para-hydroxylation sites is 2. The molecule has 142 valence electrons. The molecule has 0 atom stereocenters. The van der Waals surface area contributed by atoms with Crippen molar-refractivity contribution >= 4 is 55.4 Å². The van der Waals surface area contributed by atoms with Gasteiger partial charge in [-0.25, -0.2) is 0 Å². The minimum Gasteiger partial charge on any atom is -0.411 e. The molecule has 2 heterocycles. The highest BCUT2D eigenvalue weighted by molar-refractivity contribution is 9.10. The van der Waals surface area contributed by atoms with Gasteiger partial charge in [0.2, 0.25) is 11.8 Å². The number of fused-ring (bicyclic) bond motifs is 3. The molecule has 0 fully saturated rings. The molecule has 0 saturated heterocycles. The smallest absolute Gasteiger partial charge is 0.277 e. The number of carbonyl (C=O) groups is 1. The lowest BCUT2D eigenvalue weighted by Crippen LogP contribution is -2.12. The highest BCUT2D eigenvalue weighted by atomic mass is 79.9. The van der Waals surface area contributed by atoms with Crippen molar-refractivity contribution in [2.24, 2.45) is 0 Å². The summed E-state index contributed by atoms with van der Waals surface area (Å²) >= 11 is 4.65. The first-order valence-electron chi connectivity index (χ1n) is 8.94. The lowest BCUT2D eigenvalue weighted by Gasteiger charge is -2.04. The molecule has 0 aliphatic rings.